The van der Waals surface area contributed by atoms with Gasteiger partial charge in [-0.1, -0.05) is 0 Å². The van der Waals surface area contributed by atoms with Gasteiger partial charge in [-0.25, -0.2) is 4.79 Å². The van der Waals surface area contributed by atoms with Gasteiger partial charge in [0.05, 0.1) is 6.61 Å². The van der Waals surface area contributed by atoms with Crippen molar-refractivity contribution >= 4 is 15.2 Å². The molecule has 3 unspecified atom stereocenters. The molecular weight excluding hydrogens is 410 g/mol. The molecule has 0 saturated carbocycles. The van der Waals surface area contributed by atoms with Gasteiger partial charge in [0.2, 0.25) is 0 Å². The van der Waals surface area contributed by atoms with Crippen LogP contribution in [0.5, 0.6) is 0 Å². The summed E-state index contributed by atoms with van der Waals surface area (Å²) in [6.45, 7) is 0.849. The van der Waals surface area contributed by atoms with Crippen LogP contribution in [0.4, 0.5) is 0 Å². The van der Waals surface area contributed by atoms with Crippen LogP contribution in [-0.2, 0) is 24.9 Å². The molecule has 0 aromatic carbocycles. The van der Waals surface area contributed by atoms with E-state index in [1.54, 1.807) is 6.92 Å². The quantitative estimate of drug-likeness (QED) is 0.300. The normalized spacial score (nSPS) is 28.2. The molecule has 1 aromatic rings. The van der Waals surface area contributed by atoms with Crippen LogP contribution in [-0.4, -0.2) is 64.8 Å². The average Bonchev–Trinajstić information content (AvgIpc) is 2.80. The molecule has 1 saturated heterocycles. The summed E-state index contributed by atoms with van der Waals surface area (Å²) in [5, 5.41) is 20.1. The lowest BCUT2D eigenvalue weighted by Gasteiger charge is -2.19. The Balaban J connectivity index is 2.17. The number of aliphatic hydroxyl groups excluding tert-OH is 2. The van der Waals surface area contributed by atoms with Crippen molar-refractivity contribution in [1.29, 1.82) is 0 Å². The monoisotopic (exact) mass is 430 g/mol. The molecule has 2 heterocycles. The van der Waals surface area contributed by atoms with E-state index in [4.69, 9.17) is 14.5 Å². The van der Waals surface area contributed by atoms with Gasteiger partial charge in [-0.05, 0) is 6.92 Å². The maximum atomic E-state index is 12.3. The highest BCUT2D eigenvalue weighted by atomic mass is 31.2. The third-order valence-electron chi connectivity index (χ3n) is 3.83. The summed E-state index contributed by atoms with van der Waals surface area (Å²) in [6.07, 6.45) is -4.95. The van der Waals surface area contributed by atoms with Crippen molar-refractivity contribution < 1.29 is 43.3 Å². The lowest BCUT2D eigenvalue weighted by atomic mass is 10.1. The lowest BCUT2D eigenvalue weighted by molar-refractivity contribution is -0.0530. The van der Waals surface area contributed by atoms with Gasteiger partial charge in [0.1, 0.15) is 18.3 Å². The van der Waals surface area contributed by atoms with Crippen molar-refractivity contribution in [2.24, 2.45) is 0 Å². The van der Waals surface area contributed by atoms with Crippen molar-refractivity contribution in [3.63, 3.8) is 0 Å². The van der Waals surface area contributed by atoms with Gasteiger partial charge < -0.3 is 34.2 Å². The van der Waals surface area contributed by atoms with Crippen molar-refractivity contribution in [3.8, 4) is 0 Å². The van der Waals surface area contributed by atoms with Crippen LogP contribution in [0, 0.1) is 0 Å². The van der Waals surface area contributed by atoms with Crippen LogP contribution in [0.15, 0.2) is 21.9 Å². The molecule has 0 bridgehead atoms. The first-order chi connectivity index (χ1) is 12.4. The van der Waals surface area contributed by atoms with Crippen LogP contribution >= 0.6 is 15.2 Å². The van der Waals surface area contributed by atoms with E-state index >= 15 is 0 Å². The van der Waals surface area contributed by atoms with Gasteiger partial charge in [-0.3, -0.25) is 23.1 Å². The van der Waals surface area contributed by atoms with Crippen LogP contribution in [0.25, 0.3) is 0 Å². The van der Waals surface area contributed by atoms with Gasteiger partial charge in [-0.15, -0.1) is 0 Å². The van der Waals surface area contributed by atoms with E-state index in [0.29, 0.717) is 0 Å². The second kappa shape index (κ2) is 8.08. The first-order valence-corrected chi connectivity index (χ1v) is 11.3. The highest BCUT2D eigenvalue weighted by Gasteiger charge is 2.45. The van der Waals surface area contributed by atoms with Crippen molar-refractivity contribution in [3.05, 3.63) is 33.1 Å². The zero-order valence-electron chi connectivity index (χ0n) is 14.1. The first-order valence-electron chi connectivity index (χ1n) is 7.71. The molecular formula is C12H20N2O11P2. The van der Waals surface area contributed by atoms with E-state index in [1.165, 1.54) is 0 Å². The molecule has 1 aliphatic rings. The summed E-state index contributed by atoms with van der Waals surface area (Å²) < 4.78 is 34.1. The second-order valence-corrected chi connectivity index (χ2v) is 9.87. The zero-order valence-corrected chi connectivity index (χ0v) is 15.8. The first kappa shape index (κ1) is 22.2. The Hall–Kier alpha value is -1.14. The maximum Gasteiger partial charge on any atom is 0.340 e. The minimum absolute atomic E-state index is 0.0620. The molecule has 154 valence electrons. The van der Waals surface area contributed by atoms with Gasteiger partial charge in [0, 0.05) is 18.8 Å². The summed E-state index contributed by atoms with van der Waals surface area (Å²) in [5.74, 6) is -1.42. The molecule has 1 fully saturated rings. The van der Waals surface area contributed by atoms with E-state index < -0.39 is 63.5 Å². The predicted molar refractivity (Wildman–Crippen MR) is 89.2 cm³/mol. The standard InChI is InChI=1S/C12H20N2O11P2/c1-2-13-8(15)3-4-14(12(13)18)11-10(17)9(16)7(25-11)5-24-27(22,23)6-26(19,20)21/h3-4,7,9-11,16-17H,2,5-6H2,1H3,(H,22,23)(H2,19,20,21)/t7-,9?,10?,11-/m1/s1. The van der Waals surface area contributed by atoms with Gasteiger partial charge in [0.15, 0.2) is 12.1 Å². The highest BCUT2D eigenvalue weighted by molar-refractivity contribution is 7.70. The number of aliphatic hydroxyl groups is 2. The van der Waals surface area contributed by atoms with Crippen molar-refractivity contribution in [2.75, 3.05) is 12.5 Å². The SMILES string of the molecule is CCn1c(=O)ccn([C@@H]2O[C@H](COP(=O)(O)CP(=O)(O)O)C(O)C2O)c1=O. The molecule has 13 nitrogen and oxygen atoms in total. The Kier molecular flexibility index (Phi) is 6.63. The minimum Gasteiger partial charge on any atom is -0.387 e. The molecule has 5 N–H and O–H groups in total. The fraction of sp³-hybridized carbons (Fsp3) is 0.667. The molecule has 5 atom stereocenters. The lowest BCUT2D eigenvalue weighted by Crippen LogP contribution is -2.42. The molecule has 0 radical (unpaired) electrons. The molecule has 0 spiro atoms. The molecule has 1 aromatic heterocycles. The topological polar surface area (TPSA) is 198 Å². The summed E-state index contributed by atoms with van der Waals surface area (Å²) in [5.41, 5.74) is -1.36. The smallest absolute Gasteiger partial charge is 0.340 e. The summed E-state index contributed by atoms with van der Waals surface area (Å²) in [4.78, 5) is 50.8. The average molecular weight is 430 g/mol. The number of hydrogen-bond donors (Lipinski definition) is 5. The number of ether oxygens (including phenoxy) is 1. The molecule has 2 rings (SSSR count). The largest absolute Gasteiger partial charge is 0.387 e. The Morgan fingerprint density at radius 1 is 1.19 bits per heavy atom. The summed E-state index contributed by atoms with van der Waals surface area (Å²) in [7, 11) is -9.51. The molecule has 27 heavy (non-hydrogen) atoms. The molecule has 1 aliphatic heterocycles. The highest BCUT2D eigenvalue weighted by Crippen LogP contribution is 2.55. The Labute approximate surface area is 152 Å². The number of rotatable bonds is 7. The molecule has 0 amide bonds. The Bertz CT molecular complexity index is 890. The van der Waals surface area contributed by atoms with E-state index in [1.807, 2.05) is 0 Å². The molecule has 15 heteroatoms. The van der Waals surface area contributed by atoms with Crippen molar-refractivity contribution in [2.45, 2.75) is 38.0 Å². The van der Waals surface area contributed by atoms with Crippen molar-refractivity contribution in [1.82, 2.24) is 9.13 Å². The maximum absolute atomic E-state index is 12.3. The van der Waals surface area contributed by atoms with E-state index in [-0.39, 0.29) is 6.54 Å². The Morgan fingerprint density at radius 2 is 1.81 bits per heavy atom. The third kappa shape index (κ3) is 5.23. The number of nitrogens with zero attached hydrogens (tertiary/aromatic N) is 2. The summed E-state index contributed by atoms with van der Waals surface area (Å²) >= 11 is 0. The zero-order chi connectivity index (χ0) is 20.6. The Morgan fingerprint density at radius 3 is 2.37 bits per heavy atom. The second-order valence-electron chi connectivity index (χ2n) is 5.87. The van der Waals surface area contributed by atoms with Crippen LogP contribution in [0.2, 0.25) is 0 Å². The third-order valence-corrected chi connectivity index (χ3v) is 7.28. The summed E-state index contributed by atoms with van der Waals surface area (Å²) in [6, 6.07) is 1.07. The minimum atomic E-state index is -4.82. The van der Waals surface area contributed by atoms with E-state index in [2.05, 4.69) is 4.52 Å². The van der Waals surface area contributed by atoms with Gasteiger partial charge >= 0.3 is 20.9 Å². The number of aromatic nitrogens is 2. The van der Waals surface area contributed by atoms with Gasteiger partial charge in [0.25, 0.3) is 5.56 Å². The fourth-order valence-corrected chi connectivity index (χ4v) is 5.15. The van der Waals surface area contributed by atoms with Crippen LogP contribution < -0.4 is 11.2 Å². The molecule has 0 aliphatic carbocycles. The van der Waals surface area contributed by atoms with Gasteiger partial charge in [-0.2, -0.15) is 0 Å². The fourth-order valence-electron chi connectivity index (χ4n) is 2.58. The van der Waals surface area contributed by atoms with E-state index in [0.717, 1.165) is 21.4 Å². The van der Waals surface area contributed by atoms with Crippen LogP contribution in [0.3, 0.4) is 0 Å². The van der Waals surface area contributed by atoms with Crippen LogP contribution in [0.1, 0.15) is 13.2 Å². The predicted octanol–water partition coefficient (Wildman–Crippen LogP) is -2.01. The number of hydrogen-bond acceptors (Lipinski definition) is 8. The van der Waals surface area contributed by atoms with E-state index in [9.17, 15) is 33.8 Å².